The first kappa shape index (κ1) is 19.7. The number of hydrogen-bond donors (Lipinski definition) is 1. The van der Waals surface area contributed by atoms with Crippen LogP contribution >= 0.6 is 0 Å². The number of carbonyl (C=O) groups excluding carboxylic acids is 2. The zero-order valence-corrected chi connectivity index (χ0v) is 16.6. The zero-order chi connectivity index (χ0) is 20.4. The van der Waals surface area contributed by atoms with Gasteiger partial charge in [0.05, 0.1) is 6.54 Å². The minimum absolute atomic E-state index is 0.0202. The summed E-state index contributed by atoms with van der Waals surface area (Å²) in [6.45, 7) is 5.61. The van der Waals surface area contributed by atoms with Crippen LogP contribution in [-0.2, 0) is 17.9 Å². The van der Waals surface area contributed by atoms with E-state index in [4.69, 9.17) is 0 Å². The summed E-state index contributed by atoms with van der Waals surface area (Å²) in [5.41, 5.74) is 0.315. The molecule has 1 saturated heterocycles. The highest BCUT2D eigenvalue weighted by molar-refractivity contribution is 5.99. The molecule has 0 bridgehead atoms. The Balaban J connectivity index is 1.32. The summed E-state index contributed by atoms with van der Waals surface area (Å²) in [6, 6.07) is 5.64. The molecule has 0 radical (unpaired) electrons. The van der Waals surface area contributed by atoms with Gasteiger partial charge in [0.25, 0.3) is 0 Å². The minimum atomic E-state index is -0.474. The molecule has 0 aliphatic carbocycles. The largest absolute Gasteiger partial charge is 0.343 e. The van der Waals surface area contributed by atoms with Crippen molar-refractivity contribution in [2.45, 2.75) is 45.2 Å². The summed E-state index contributed by atoms with van der Waals surface area (Å²) < 4.78 is 15.6. The van der Waals surface area contributed by atoms with Gasteiger partial charge in [-0.15, -0.1) is 10.2 Å². The molecule has 1 amide bonds. The first-order chi connectivity index (χ1) is 14.0. The number of rotatable bonds is 5. The summed E-state index contributed by atoms with van der Waals surface area (Å²) >= 11 is 0. The Kier molecular flexibility index (Phi) is 5.71. The monoisotopic (exact) mass is 399 g/mol. The molecule has 1 aromatic carbocycles. The van der Waals surface area contributed by atoms with Crippen molar-refractivity contribution in [3.63, 3.8) is 0 Å². The van der Waals surface area contributed by atoms with Crippen LogP contribution in [0.2, 0.25) is 0 Å². The second-order valence-corrected chi connectivity index (χ2v) is 7.94. The van der Waals surface area contributed by atoms with Crippen LogP contribution in [0.5, 0.6) is 0 Å². The van der Waals surface area contributed by atoms with Crippen molar-refractivity contribution in [1.29, 1.82) is 0 Å². The summed E-state index contributed by atoms with van der Waals surface area (Å²) in [7, 11) is 0. The van der Waals surface area contributed by atoms with Crippen molar-refractivity contribution in [3.05, 3.63) is 47.3 Å². The van der Waals surface area contributed by atoms with E-state index in [0.717, 1.165) is 44.1 Å². The average Bonchev–Trinajstić information content (AvgIpc) is 3.17. The molecule has 1 unspecified atom stereocenters. The number of Topliss-reactive ketones (excluding diaryl/α,β-unsaturated/α-hetero) is 1. The van der Waals surface area contributed by atoms with Crippen molar-refractivity contribution < 1.29 is 14.0 Å². The van der Waals surface area contributed by atoms with Crippen molar-refractivity contribution >= 4 is 11.7 Å². The number of nitrogens with one attached hydrogen (secondary N) is 1. The Morgan fingerprint density at radius 1 is 1.24 bits per heavy atom. The van der Waals surface area contributed by atoms with Crippen LogP contribution in [0.4, 0.5) is 4.39 Å². The van der Waals surface area contributed by atoms with Crippen molar-refractivity contribution in [2.24, 2.45) is 5.92 Å². The third-order valence-corrected chi connectivity index (χ3v) is 5.90. The number of ketones is 1. The van der Waals surface area contributed by atoms with Gasteiger partial charge in [0, 0.05) is 50.0 Å². The lowest BCUT2D eigenvalue weighted by Gasteiger charge is -2.32. The Bertz CT molecular complexity index is 904. The average molecular weight is 399 g/mol. The fraction of sp³-hybridized carbons (Fsp3) is 0.524. The minimum Gasteiger partial charge on any atom is -0.343 e. The van der Waals surface area contributed by atoms with Crippen molar-refractivity contribution in [1.82, 2.24) is 25.0 Å². The second kappa shape index (κ2) is 8.41. The molecule has 2 aromatic rings. The topological polar surface area (TPSA) is 80.1 Å². The summed E-state index contributed by atoms with van der Waals surface area (Å²) in [5.74, 6) is 1.19. The smallest absolute Gasteiger partial charge is 0.223 e. The number of hydrogen-bond acceptors (Lipinski definition) is 5. The SMILES string of the molecule is CC(CC(=O)N1CCC(c2nnc3n2CCNC3)CC1)C(=O)c1cccc(F)c1. The first-order valence-electron chi connectivity index (χ1n) is 10.2. The predicted octanol–water partition coefficient (Wildman–Crippen LogP) is 2.14. The molecule has 1 aromatic heterocycles. The van der Waals surface area contributed by atoms with Gasteiger partial charge in [-0.1, -0.05) is 19.1 Å². The fourth-order valence-electron chi connectivity index (χ4n) is 4.21. The number of halogens is 1. The number of aromatic nitrogens is 3. The van der Waals surface area contributed by atoms with Gasteiger partial charge in [0.15, 0.2) is 5.78 Å². The van der Waals surface area contributed by atoms with E-state index >= 15 is 0 Å². The predicted molar refractivity (Wildman–Crippen MR) is 105 cm³/mol. The molecule has 29 heavy (non-hydrogen) atoms. The van der Waals surface area contributed by atoms with E-state index in [1.165, 1.54) is 18.2 Å². The zero-order valence-electron chi connectivity index (χ0n) is 16.6. The Morgan fingerprint density at radius 3 is 2.79 bits per heavy atom. The van der Waals surface area contributed by atoms with Crippen LogP contribution < -0.4 is 5.32 Å². The molecule has 1 N–H and O–H groups in total. The Hall–Kier alpha value is -2.61. The van der Waals surface area contributed by atoms with E-state index in [1.807, 2.05) is 4.90 Å². The number of likely N-dealkylation sites (tertiary alicyclic amines) is 1. The van der Waals surface area contributed by atoms with Gasteiger partial charge >= 0.3 is 0 Å². The van der Waals surface area contributed by atoms with Gasteiger partial charge in [-0.25, -0.2) is 4.39 Å². The number of fused-ring (bicyclic) bond motifs is 1. The van der Waals surface area contributed by atoms with Gasteiger partial charge in [-0.2, -0.15) is 0 Å². The van der Waals surface area contributed by atoms with E-state index in [-0.39, 0.29) is 18.1 Å². The van der Waals surface area contributed by atoms with E-state index in [2.05, 4.69) is 20.1 Å². The molecule has 0 saturated carbocycles. The number of piperidine rings is 1. The number of carbonyl (C=O) groups is 2. The third kappa shape index (κ3) is 4.22. The molecule has 154 valence electrons. The van der Waals surface area contributed by atoms with Gasteiger partial charge < -0.3 is 14.8 Å². The highest BCUT2D eigenvalue weighted by atomic mass is 19.1. The molecule has 1 fully saturated rings. The summed E-state index contributed by atoms with van der Waals surface area (Å²) in [5, 5.41) is 12.0. The first-order valence-corrected chi connectivity index (χ1v) is 10.2. The molecule has 2 aliphatic heterocycles. The molecule has 0 spiro atoms. The van der Waals surface area contributed by atoms with E-state index < -0.39 is 11.7 Å². The maximum absolute atomic E-state index is 13.4. The van der Waals surface area contributed by atoms with Crippen LogP contribution in [0.1, 0.15) is 54.1 Å². The fourth-order valence-corrected chi connectivity index (χ4v) is 4.21. The third-order valence-electron chi connectivity index (χ3n) is 5.90. The maximum Gasteiger partial charge on any atom is 0.223 e. The van der Waals surface area contributed by atoms with Gasteiger partial charge in [0.2, 0.25) is 5.91 Å². The molecular formula is C21H26FN5O2. The van der Waals surface area contributed by atoms with Crippen molar-refractivity contribution in [2.75, 3.05) is 19.6 Å². The van der Waals surface area contributed by atoms with Gasteiger partial charge in [-0.3, -0.25) is 9.59 Å². The molecule has 1 atom stereocenters. The lowest BCUT2D eigenvalue weighted by molar-refractivity contribution is -0.132. The van der Waals surface area contributed by atoms with Crippen LogP contribution in [-0.4, -0.2) is 51.0 Å². The van der Waals surface area contributed by atoms with Gasteiger partial charge in [0.1, 0.15) is 17.5 Å². The molecule has 3 heterocycles. The Morgan fingerprint density at radius 2 is 2.03 bits per heavy atom. The molecular weight excluding hydrogens is 373 g/mol. The molecule has 7 nitrogen and oxygen atoms in total. The second-order valence-electron chi connectivity index (χ2n) is 7.94. The lowest BCUT2D eigenvalue weighted by atomic mass is 9.93. The van der Waals surface area contributed by atoms with Gasteiger partial charge in [-0.05, 0) is 25.0 Å². The number of amides is 1. The maximum atomic E-state index is 13.4. The normalized spacial score (nSPS) is 18.3. The van der Waals surface area contributed by atoms with Crippen LogP contribution in [0, 0.1) is 11.7 Å². The van der Waals surface area contributed by atoms with Crippen LogP contribution in [0.25, 0.3) is 0 Å². The quantitative estimate of drug-likeness (QED) is 0.780. The van der Waals surface area contributed by atoms with E-state index in [1.54, 1.807) is 13.0 Å². The Labute approximate surface area is 169 Å². The van der Waals surface area contributed by atoms with Crippen LogP contribution in [0.15, 0.2) is 24.3 Å². The highest BCUT2D eigenvalue weighted by Gasteiger charge is 2.30. The van der Waals surface area contributed by atoms with E-state index in [9.17, 15) is 14.0 Å². The van der Waals surface area contributed by atoms with Crippen molar-refractivity contribution in [3.8, 4) is 0 Å². The molecule has 4 rings (SSSR count). The molecule has 8 heteroatoms. The number of benzene rings is 1. The number of nitrogens with zero attached hydrogens (tertiary/aromatic N) is 4. The lowest BCUT2D eigenvalue weighted by Crippen LogP contribution is -2.40. The summed E-state index contributed by atoms with van der Waals surface area (Å²) in [4.78, 5) is 27.0. The highest BCUT2D eigenvalue weighted by Crippen LogP contribution is 2.28. The molecule has 2 aliphatic rings. The standard InChI is InChI=1S/C21H26FN5O2/c1-14(20(29)16-3-2-4-17(22)12-16)11-19(28)26-8-5-15(6-9-26)21-25-24-18-13-23-7-10-27(18)21/h2-4,12,14-15,23H,5-11,13H2,1H3. The van der Waals surface area contributed by atoms with Crippen LogP contribution in [0.3, 0.4) is 0 Å². The summed E-state index contributed by atoms with van der Waals surface area (Å²) in [6.07, 6.45) is 1.85. The van der Waals surface area contributed by atoms with E-state index in [0.29, 0.717) is 24.6 Å².